The number of sulfone groups is 1. The summed E-state index contributed by atoms with van der Waals surface area (Å²) >= 11 is 5.83. The first-order valence-electron chi connectivity index (χ1n) is 6.78. The Morgan fingerprint density at radius 3 is 2.62 bits per heavy atom. The van der Waals surface area contributed by atoms with Crippen molar-refractivity contribution in [2.75, 3.05) is 23.4 Å². The molecular formula is C14H18ClNO4S. The van der Waals surface area contributed by atoms with Crippen LogP contribution in [0.3, 0.4) is 0 Å². The highest BCUT2D eigenvalue weighted by molar-refractivity contribution is 7.91. The van der Waals surface area contributed by atoms with Gasteiger partial charge in [0.15, 0.2) is 9.84 Å². The molecule has 5 nitrogen and oxygen atoms in total. The van der Waals surface area contributed by atoms with Gasteiger partial charge in [0.25, 0.3) is 0 Å². The Bertz CT molecular complexity index is 614. The minimum atomic E-state index is -3.27. The normalized spacial score (nSPS) is 24.3. The number of carbonyl (C=O) groups is 1. The van der Waals surface area contributed by atoms with Gasteiger partial charge in [-0.15, -0.1) is 0 Å². The molecular weight excluding hydrogens is 314 g/mol. The molecule has 21 heavy (non-hydrogen) atoms. The Hall–Kier alpha value is -1.27. The number of hydrogen-bond donors (Lipinski definition) is 1. The number of benzene rings is 1. The van der Waals surface area contributed by atoms with Gasteiger partial charge in [-0.3, -0.25) is 0 Å². The molecule has 1 unspecified atom stereocenters. The van der Waals surface area contributed by atoms with Gasteiger partial charge in [0, 0.05) is 10.7 Å². The largest absolute Gasteiger partial charge is 0.464 e. The van der Waals surface area contributed by atoms with Crippen LogP contribution in [-0.2, 0) is 19.4 Å². The van der Waals surface area contributed by atoms with Crippen molar-refractivity contribution in [2.45, 2.75) is 25.3 Å². The zero-order valence-corrected chi connectivity index (χ0v) is 13.3. The molecule has 1 heterocycles. The van der Waals surface area contributed by atoms with Crippen molar-refractivity contribution in [1.29, 1.82) is 0 Å². The highest BCUT2D eigenvalue weighted by atomic mass is 35.5. The smallest absolute Gasteiger partial charge is 0.332 e. The van der Waals surface area contributed by atoms with Crippen LogP contribution in [0.25, 0.3) is 0 Å². The average Bonchev–Trinajstić information content (AvgIpc) is 2.40. The van der Waals surface area contributed by atoms with Crippen molar-refractivity contribution >= 4 is 33.1 Å². The maximum atomic E-state index is 12.3. The van der Waals surface area contributed by atoms with Gasteiger partial charge in [-0.1, -0.05) is 11.6 Å². The number of nitrogens with one attached hydrogen (secondary N) is 1. The Balaban J connectivity index is 2.31. The minimum Gasteiger partial charge on any atom is -0.464 e. The van der Waals surface area contributed by atoms with Crippen molar-refractivity contribution in [1.82, 2.24) is 0 Å². The van der Waals surface area contributed by atoms with E-state index in [4.69, 9.17) is 16.3 Å². The molecule has 0 radical (unpaired) electrons. The fraction of sp³-hybridized carbons (Fsp3) is 0.500. The van der Waals surface area contributed by atoms with Crippen LogP contribution in [0.1, 0.15) is 19.8 Å². The first-order valence-corrected chi connectivity index (χ1v) is 8.98. The van der Waals surface area contributed by atoms with E-state index in [1.54, 1.807) is 31.2 Å². The third kappa shape index (κ3) is 3.89. The summed E-state index contributed by atoms with van der Waals surface area (Å²) in [5, 5.41) is 3.62. The van der Waals surface area contributed by atoms with Gasteiger partial charge in [-0.05, 0) is 44.0 Å². The Kier molecular flexibility index (Phi) is 4.78. The number of esters is 1. The fourth-order valence-electron chi connectivity index (χ4n) is 2.50. The topological polar surface area (TPSA) is 72.5 Å². The highest BCUT2D eigenvalue weighted by Gasteiger charge is 2.46. The van der Waals surface area contributed by atoms with Gasteiger partial charge in [0.2, 0.25) is 0 Å². The fourth-order valence-corrected chi connectivity index (χ4v) is 4.44. The molecule has 1 N–H and O–H groups in total. The number of hydrogen-bond acceptors (Lipinski definition) is 5. The molecule has 1 fully saturated rings. The Morgan fingerprint density at radius 2 is 2.05 bits per heavy atom. The first-order chi connectivity index (χ1) is 9.87. The van der Waals surface area contributed by atoms with Crippen molar-refractivity contribution in [2.24, 2.45) is 0 Å². The van der Waals surface area contributed by atoms with Crippen molar-refractivity contribution in [3.8, 4) is 0 Å². The molecule has 1 aromatic rings. The molecule has 0 aliphatic carbocycles. The second-order valence-corrected chi connectivity index (χ2v) is 7.75. The molecule has 0 aromatic heterocycles. The molecule has 1 aliphatic rings. The summed E-state index contributed by atoms with van der Waals surface area (Å²) in [7, 11) is -3.27. The van der Waals surface area contributed by atoms with E-state index in [1.807, 2.05) is 0 Å². The van der Waals surface area contributed by atoms with Crippen LogP contribution < -0.4 is 5.32 Å². The lowest BCUT2D eigenvalue weighted by Crippen LogP contribution is -2.55. The van der Waals surface area contributed by atoms with Crippen LogP contribution in [0.4, 0.5) is 5.69 Å². The molecule has 0 saturated carbocycles. The van der Waals surface area contributed by atoms with E-state index in [2.05, 4.69) is 5.32 Å². The Labute approximate surface area is 129 Å². The summed E-state index contributed by atoms with van der Waals surface area (Å²) < 4.78 is 29.0. The summed E-state index contributed by atoms with van der Waals surface area (Å²) in [5.41, 5.74) is -0.578. The maximum Gasteiger partial charge on any atom is 0.332 e. The van der Waals surface area contributed by atoms with Crippen molar-refractivity contribution in [3.63, 3.8) is 0 Å². The van der Waals surface area contributed by atoms with E-state index in [-0.39, 0.29) is 18.1 Å². The molecule has 7 heteroatoms. The molecule has 0 bridgehead atoms. The van der Waals surface area contributed by atoms with Crippen LogP contribution in [0.2, 0.25) is 5.02 Å². The van der Waals surface area contributed by atoms with Gasteiger partial charge >= 0.3 is 5.97 Å². The summed E-state index contributed by atoms with van der Waals surface area (Å²) in [6.45, 7) is 1.91. The number of ether oxygens (including phenoxy) is 1. The number of anilines is 1. The molecule has 1 saturated heterocycles. The third-order valence-electron chi connectivity index (χ3n) is 3.42. The van der Waals surface area contributed by atoms with Crippen LogP contribution in [-0.4, -0.2) is 38.0 Å². The average molecular weight is 332 g/mol. The summed E-state index contributed by atoms with van der Waals surface area (Å²) in [4.78, 5) is 12.3. The van der Waals surface area contributed by atoms with Gasteiger partial charge in [0.05, 0.1) is 18.1 Å². The van der Waals surface area contributed by atoms with Crippen LogP contribution in [0.5, 0.6) is 0 Å². The maximum absolute atomic E-state index is 12.3. The standard InChI is InChI=1S/C14H18ClNO4S/c1-2-20-13(17)14(8-3-9-21(18,19)10-14)16-12-6-4-11(15)5-7-12/h4-7,16H,2-3,8-10H2,1H3. The zero-order chi connectivity index (χ0) is 15.5. The number of halogens is 1. The van der Waals surface area contributed by atoms with Gasteiger partial charge < -0.3 is 10.1 Å². The second-order valence-electron chi connectivity index (χ2n) is 5.13. The monoisotopic (exact) mass is 331 g/mol. The van der Waals surface area contributed by atoms with Crippen LogP contribution >= 0.6 is 11.6 Å². The molecule has 1 aliphatic heterocycles. The van der Waals surface area contributed by atoms with E-state index in [0.717, 1.165) is 0 Å². The minimum absolute atomic E-state index is 0.108. The predicted octanol–water partition coefficient (Wildman–Crippen LogP) is 2.26. The molecule has 116 valence electrons. The first kappa shape index (κ1) is 16.1. The van der Waals surface area contributed by atoms with E-state index in [0.29, 0.717) is 23.6 Å². The van der Waals surface area contributed by atoms with Gasteiger partial charge in [-0.2, -0.15) is 0 Å². The number of carbonyl (C=O) groups excluding carboxylic acids is 1. The lowest BCUT2D eigenvalue weighted by Gasteiger charge is -2.36. The van der Waals surface area contributed by atoms with E-state index < -0.39 is 21.3 Å². The predicted molar refractivity (Wildman–Crippen MR) is 82.3 cm³/mol. The summed E-state index contributed by atoms with van der Waals surface area (Å²) in [6, 6.07) is 6.79. The van der Waals surface area contributed by atoms with Gasteiger partial charge in [-0.25, -0.2) is 13.2 Å². The quantitative estimate of drug-likeness (QED) is 0.857. The van der Waals surface area contributed by atoms with Gasteiger partial charge in [0.1, 0.15) is 5.54 Å². The van der Waals surface area contributed by atoms with E-state index in [9.17, 15) is 13.2 Å². The lowest BCUT2D eigenvalue weighted by atomic mass is 9.95. The zero-order valence-electron chi connectivity index (χ0n) is 11.8. The van der Waals surface area contributed by atoms with E-state index in [1.165, 1.54) is 0 Å². The lowest BCUT2D eigenvalue weighted by molar-refractivity contribution is -0.148. The molecule has 0 amide bonds. The van der Waals surface area contributed by atoms with E-state index >= 15 is 0 Å². The number of rotatable bonds is 4. The second kappa shape index (κ2) is 6.23. The SMILES string of the molecule is CCOC(=O)C1(Nc2ccc(Cl)cc2)CCCS(=O)(=O)C1. The molecule has 1 aromatic carbocycles. The summed E-state index contributed by atoms with van der Waals surface area (Å²) in [6.07, 6.45) is 0.857. The van der Waals surface area contributed by atoms with Crippen LogP contribution in [0, 0.1) is 0 Å². The van der Waals surface area contributed by atoms with Crippen molar-refractivity contribution in [3.05, 3.63) is 29.3 Å². The molecule has 2 rings (SSSR count). The summed E-state index contributed by atoms with van der Waals surface area (Å²) in [5.74, 6) is -0.666. The highest BCUT2D eigenvalue weighted by Crippen LogP contribution is 2.29. The van der Waals surface area contributed by atoms with Crippen LogP contribution in [0.15, 0.2) is 24.3 Å². The van der Waals surface area contributed by atoms with Crippen molar-refractivity contribution < 1.29 is 17.9 Å². The third-order valence-corrected chi connectivity index (χ3v) is 5.51. The molecule has 0 spiro atoms. The Morgan fingerprint density at radius 1 is 1.38 bits per heavy atom. The molecule has 1 atom stereocenters.